The molecule has 0 saturated carbocycles. The lowest BCUT2D eigenvalue weighted by Crippen LogP contribution is -2.08. The minimum absolute atomic E-state index is 0.351. The van der Waals surface area contributed by atoms with Crippen molar-refractivity contribution in [2.75, 3.05) is 0 Å². The van der Waals surface area contributed by atoms with Gasteiger partial charge in [-0.2, -0.15) is 0 Å². The van der Waals surface area contributed by atoms with Crippen LogP contribution in [-0.4, -0.2) is 11.9 Å². The normalized spacial score (nSPS) is 18.2. The molecule has 3 aliphatic carbocycles. The van der Waals surface area contributed by atoms with Gasteiger partial charge in [0.2, 0.25) is 0 Å². The number of allylic oxidation sites excluding steroid dienone is 12. The van der Waals surface area contributed by atoms with Crippen LogP contribution < -0.4 is 0 Å². The van der Waals surface area contributed by atoms with E-state index in [9.17, 15) is 9.59 Å². The van der Waals surface area contributed by atoms with E-state index in [1.165, 1.54) is 22.3 Å². The SMILES string of the molecule is C=C(C)C(=O)OC1=CC=C(CCC2=CC=C(C3=CC=C(OC(=O)C(=C)C)CC3)CC2)CC1. The van der Waals surface area contributed by atoms with Crippen molar-refractivity contribution >= 4 is 11.9 Å². The van der Waals surface area contributed by atoms with Gasteiger partial charge in [-0.1, -0.05) is 48.6 Å². The van der Waals surface area contributed by atoms with E-state index < -0.39 is 0 Å². The summed E-state index contributed by atoms with van der Waals surface area (Å²) >= 11 is 0. The highest BCUT2D eigenvalue weighted by molar-refractivity contribution is 5.88. The lowest BCUT2D eigenvalue weighted by molar-refractivity contribution is -0.136. The number of esters is 2. The van der Waals surface area contributed by atoms with Crippen LogP contribution >= 0.6 is 0 Å². The fourth-order valence-electron chi connectivity index (χ4n) is 3.82. The number of hydrogen-bond donors (Lipinski definition) is 0. The second-order valence-corrected chi connectivity index (χ2v) is 8.64. The van der Waals surface area contributed by atoms with Crippen LogP contribution in [0.1, 0.15) is 65.2 Å². The monoisotopic (exact) mass is 432 g/mol. The van der Waals surface area contributed by atoms with Crippen molar-refractivity contribution in [1.29, 1.82) is 0 Å². The molecule has 3 rings (SSSR count). The standard InChI is InChI=1S/C28H32O4/c1-19(2)27(29)31-25-15-9-22(10-16-25)6-5-21-7-11-23(12-8-21)24-13-17-26(18-14-24)32-28(30)20(3)4/h7,9,11,13,15,17H,1,3,5-6,8,10,12,14,16,18H2,2,4H3. The Morgan fingerprint density at radius 3 is 1.44 bits per heavy atom. The molecular formula is C28H32O4. The number of carbonyl (C=O) groups excluding carboxylic acids is 2. The van der Waals surface area contributed by atoms with Crippen molar-refractivity contribution in [3.8, 4) is 0 Å². The number of hydrogen-bond acceptors (Lipinski definition) is 4. The molecule has 0 aromatic heterocycles. The number of rotatable bonds is 8. The first-order chi connectivity index (χ1) is 15.3. The summed E-state index contributed by atoms with van der Waals surface area (Å²) in [4.78, 5) is 23.3. The van der Waals surface area contributed by atoms with Crippen LogP contribution in [0.15, 0.2) is 94.6 Å². The van der Waals surface area contributed by atoms with E-state index in [0.29, 0.717) is 16.9 Å². The van der Waals surface area contributed by atoms with Crippen LogP contribution in [-0.2, 0) is 19.1 Å². The Hall–Kier alpha value is -3.14. The summed E-state index contributed by atoms with van der Waals surface area (Å²) < 4.78 is 10.7. The van der Waals surface area contributed by atoms with Gasteiger partial charge in [0, 0.05) is 24.0 Å². The largest absolute Gasteiger partial charge is 0.428 e. The summed E-state index contributed by atoms with van der Waals surface area (Å²) in [5, 5.41) is 0. The van der Waals surface area contributed by atoms with Crippen molar-refractivity contribution in [1.82, 2.24) is 0 Å². The van der Waals surface area contributed by atoms with Crippen molar-refractivity contribution in [3.05, 3.63) is 94.6 Å². The fraction of sp³-hybridized carbons (Fsp3) is 0.357. The van der Waals surface area contributed by atoms with Gasteiger partial charge in [-0.3, -0.25) is 0 Å². The Labute approximate surface area is 191 Å². The van der Waals surface area contributed by atoms with E-state index >= 15 is 0 Å². The van der Waals surface area contributed by atoms with Gasteiger partial charge in [0.05, 0.1) is 0 Å². The highest BCUT2D eigenvalue weighted by atomic mass is 16.5. The third-order valence-corrected chi connectivity index (χ3v) is 5.87. The van der Waals surface area contributed by atoms with Crippen molar-refractivity contribution < 1.29 is 19.1 Å². The smallest absolute Gasteiger partial charge is 0.338 e. The zero-order chi connectivity index (χ0) is 23.1. The molecule has 0 amide bonds. The molecule has 3 aliphatic rings. The summed E-state index contributed by atoms with van der Waals surface area (Å²) in [7, 11) is 0. The minimum Gasteiger partial charge on any atom is -0.428 e. The van der Waals surface area contributed by atoms with Crippen LogP contribution in [0.3, 0.4) is 0 Å². The predicted octanol–water partition coefficient (Wildman–Crippen LogP) is 6.86. The van der Waals surface area contributed by atoms with Gasteiger partial charge in [0.1, 0.15) is 11.5 Å². The minimum atomic E-state index is -0.356. The van der Waals surface area contributed by atoms with Crippen LogP contribution in [0, 0.1) is 0 Å². The molecule has 0 N–H and O–H groups in total. The maximum Gasteiger partial charge on any atom is 0.338 e. The van der Waals surface area contributed by atoms with Crippen LogP contribution in [0.5, 0.6) is 0 Å². The first-order valence-electron chi connectivity index (χ1n) is 11.2. The summed E-state index contributed by atoms with van der Waals surface area (Å²) in [6.45, 7) is 10.6. The van der Waals surface area contributed by atoms with Gasteiger partial charge in [-0.05, 0) is 75.7 Å². The quantitative estimate of drug-likeness (QED) is 0.310. The lowest BCUT2D eigenvalue weighted by Gasteiger charge is -2.21. The number of carbonyl (C=O) groups is 2. The Morgan fingerprint density at radius 2 is 1.06 bits per heavy atom. The molecule has 0 saturated heterocycles. The topological polar surface area (TPSA) is 52.6 Å². The lowest BCUT2D eigenvalue weighted by atomic mass is 9.87. The van der Waals surface area contributed by atoms with Crippen LogP contribution in [0.25, 0.3) is 0 Å². The van der Waals surface area contributed by atoms with Gasteiger partial charge < -0.3 is 9.47 Å². The average molecular weight is 433 g/mol. The molecular weight excluding hydrogens is 400 g/mol. The van der Waals surface area contributed by atoms with E-state index in [1.807, 2.05) is 12.2 Å². The van der Waals surface area contributed by atoms with Crippen molar-refractivity contribution in [2.45, 2.75) is 65.2 Å². The van der Waals surface area contributed by atoms with Gasteiger partial charge in [-0.15, -0.1) is 0 Å². The Morgan fingerprint density at radius 1 is 0.656 bits per heavy atom. The third kappa shape index (κ3) is 6.68. The average Bonchev–Trinajstić information content (AvgIpc) is 2.79. The molecule has 0 aromatic carbocycles. The molecule has 168 valence electrons. The molecule has 4 nitrogen and oxygen atoms in total. The summed E-state index contributed by atoms with van der Waals surface area (Å²) in [5.41, 5.74) is 6.41. The summed E-state index contributed by atoms with van der Waals surface area (Å²) in [5.74, 6) is 0.723. The summed E-state index contributed by atoms with van der Waals surface area (Å²) in [6, 6.07) is 0. The first-order valence-corrected chi connectivity index (χ1v) is 11.2. The maximum absolute atomic E-state index is 11.7. The zero-order valence-corrected chi connectivity index (χ0v) is 19.2. The van der Waals surface area contributed by atoms with E-state index in [1.54, 1.807) is 13.8 Å². The van der Waals surface area contributed by atoms with E-state index in [-0.39, 0.29) is 11.9 Å². The van der Waals surface area contributed by atoms with Gasteiger partial charge >= 0.3 is 11.9 Å². The second-order valence-electron chi connectivity index (χ2n) is 8.64. The molecule has 0 heterocycles. The van der Waals surface area contributed by atoms with Crippen LogP contribution in [0.4, 0.5) is 0 Å². The third-order valence-electron chi connectivity index (χ3n) is 5.87. The molecule has 4 heteroatoms. The molecule has 0 aromatic rings. The Balaban J connectivity index is 1.51. The van der Waals surface area contributed by atoms with Gasteiger partial charge in [0.15, 0.2) is 0 Å². The molecule has 32 heavy (non-hydrogen) atoms. The van der Waals surface area contributed by atoms with Gasteiger partial charge in [0.25, 0.3) is 0 Å². The molecule has 0 bridgehead atoms. The Kier molecular flexibility index (Phi) is 8.04. The zero-order valence-electron chi connectivity index (χ0n) is 19.2. The molecule has 0 fully saturated rings. The number of ether oxygens (including phenoxy) is 2. The highest BCUT2D eigenvalue weighted by Crippen LogP contribution is 2.33. The Bertz CT molecular complexity index is 1010. The fourth-order valence-corrected chi connectivity index (χ4v) is 3.82. The van der Waals surface area contributed by atoms with E-state index in [2.05, 4.69) is 37.5 Å². The second kappa shape index (κ2) is 10.9. The van der Waals surface area contributed by atoms with Crippen LogP contribution in [0.2, 0.25) is 0 Å². The molecule has 0 atom stereocenters. The molecule has 0 spiro atoms. The first kappa shape index (κ1) is 23.5. The van der Waals surface area contributed by atoms with Crippen molar-refractivity contribution in [2.24, 2.45) is 0 Å². The maximum atomic E-state index is 11.7. The summed E-state index contributed by atoms with van der Waals surface area (Å²) in [6.07, 6.45) is 20.0. The highest BCUT2D eigenvalue weighted by Gasteiger charge is 2.17. The molecule has 0 aliphatic heterocycles. The predicted molar refractivity (Wildman–Crippen MR) is 127 cm³/mol. The van der Waals surface area contributed by atoms with E-state index in [4.69, 9.17) is 9.47 Å². The van der Waals surface area contributed by atoms with Crippen molar-refractivity contribution in [3.63, 3.8) is 0 Å². The van der Waals surface area contributed by atoms with Gasteiger partial charge in [-0.25, -0.2) is 9.59 Å². The van der Waals surface area contributed by atoms with E-state index in [0.717, 1.165) is 57.1 Å². The molecule has 0 unspecified atom stereocenters. The molecule has 0 radical (unpaired) electrons.